The SMILES string of the molecule is CCOC(=O)N1CC[C@@H]2[C@H](C[C@H]3C(=O)O[C@H](C)[C@H]3[C@H]2/C=C/c2ccc(N)cn2)C1. The zero-order chi connectivity index (χ0) is 20.5. The number of piperidine rings is 1. The molecule has 7 nitrogen and oxygen atoms in total. The first-order valence-corrected chi connectivity index (χ1v) is 10.5. The third-order valence-corrected chi connectivity index (χ3v) is 6.72. The molecule has 0 aromatic carbocycles. The number of carbonyl (C=O) groups is 2. The number of cyclic esters (lactones) is 1. The number of nitrogens with zero attached hydrogens (tertiary/aromatic N) is 2. The van der Waals surface area contributed by atoms with Crippen LogP contribution in [-0.2, 0) is 14.3 Å². The molecular formula is C22H29N3O4. The Morgan fingerprint density at radius 1 is 1.45 bits per heavy atom. The van der Waals surface area contributed by atoms with Crippen molar-refractivity contribution in [1.82, 2.24) is 9.88 Å². The molecule has 1 aromatic heterocycles. The molecule has 1 saturated carbocycles. The van der Waals surface area contributed by atoms with Crippen molar-refractivity contribution in [3.8, 4) is 0 Å². The Bertz CT molecular complexity index is 794. The molecule has 0 spiro atoms. The van der Waals surface area contributed by atoms with Crippen LogP contribution < -0.4 is 5.73 Å². The Labute approximate surface area is 171 Å². The summed E-state index contributed by atoms with van der Waals surface area (Å²) in [4.78, 5) is 30.9. The van der Waals surface area contributed by atoms with Crippen molar-refractivity contribution in [2.24, 2.45) is 29.6 Å². The van der Waals surface area contributed by atoms with Crippen LogP contribution in [0.2, 0.25) is 0 Å². The number of hydrogen-bond donors (Lipinski definition) is 1. The first kappa shape index (κ1) is 19.7. The second-order valence-electron chi connectivity index (χ2n) is 8.37. The van der Waals surface area contributed by atoms with E-state index >= 15 is 0 Å². The van der Waals surface area contributed by atoms with Gasteiger partial charge in [0.2, 0.25) is 0 Å². The zero-order valence-corrected chi connectivity index (χ0v) is 17.0. The number of esters is 1. The van der Waals surface area contributed by atoms with E-state index in [9.17, 15) is 9.59 Å². The topological polar surface area (TPSA) is 94.8 Å². The summed E-state index contributed by atoms with van der Waals surface area (Å²) < 4.78 is 10.8. The minimum Gasteiger partial charge on any atom is -0.462 e. The Morgan fingerprint density at radius 2 is 2.28 bits per heavy atom. The van der Waals surface area contributed by atoms with E-state index in [1.54, 1.807) is 11.1 Å². The number of nitrogen functional groups attached to an aromatic ring is 1. The lowest BCUT2D eigenvalue weighted by Gasteiger charge is -2.48. The van der Waals surface area contributed by atoms with E-state index < -0.39 is 0 Å². The van der Waals surface area contributed by atoms with Gasteiger partial charge in [0, 0.05) is 19.0 Å². The van der Waals surface area contributed by atoms with E-state index in [0.29, 0.717) is 31.3 Å². The number of hydrogen-bond acceptors (Lipinski definition) is 6. The normalized spacial score (nSPS) is 33.9. The largest absolute Gasteiger partial charge is 0.462 e. The Hall–Kier alpha value is -2.57. The van der Waals surface area contributed by atoms with Gasteiger partial charge in [-0.15, -0.1) is 0 Å². The number of amides is 1. The van der Waals surface area contributed by atoms with Gasteiger partial charge in [-0.1, -0.05) is 6.08 Å². The molecule has 1 aliphatic carbocycles. The molecule has 29 heavy (non-hydrogen) atoms. The summed E-state index contributed by atoms with van der Waals surface area (Å²) in [5.74, 6) is 0.845. The molecule has 3 fully saturated rings. The average molecular weight is 399 g/mol. The standard InChI is InChI=1S/C22H29N3O4/c1-3-28-22(27)25-9-8-17-14(12-25)10-19-20(13(2)29-21(19)26)18(17)7-6-16-5-4-15(23)11-24-16/h4-7,11,13-14,17-20H,3,8-10,12,23H2,1-2H3/b7-6+/t13-,14-,17-,18+,19-,20+/m1/s1. The molecular weight excluding hydrogens is 370 g/mol. The van der Waals surface area contributed by atoms with Crippen LogP contribution in [0.15, 0.2) is 24.4 Å². The molecule has 6 atom stereocenters. The van der Waals surface area contributed by atoms with Crippen molar-refractivity contribution in [3.63, 3.8) is 0 Å². The quantitative estimate of drug-likeness (QED) is 0.785. The van der Waals surface area contributed by atoms with Gasteiger partial charge in [0.25, 0.3) is 0 Å². The van der Waals surface area contributed by atoms with Crippen LogP contribution in [0, 0.1) is 29.6 Å². The number of aromatic nitrogens is 1. The lowest BCUT2D eigenvalue weighted by atomic mass is 9.59. The van der Waals surface area contributed by atoms with Crippen LogP contribution in [-0.4, -0.2) is 47.7 Å². The van der Waals surface area contributed by atoms with Crippen molar-refractivity contribution in [2.45, 2.75) is 32.8 Å². The van der Waals surface area contributed by atoms with Crippen LogP contribution in [0.3, 0.4) is 0 Å². The predicted octanol–water partition coefficient (Wildman–Crippen LogP) is 2.97. The van der Waals surface area contributed by atoms with Gasteiger partial charge < -0.3 is 20.1 Å². The minimum absolute atomic E-state index is 0.0921. The lowest BCUT2D eigenvalue weighted by molar-refractivity contribution is -0.144. The molecule has 3 heterocycles. The number of ether oxygens (including phenoxy) is 2. The first-order chi connectivity index (χ1) is 14.0. The van der Waals surface area contributed by atoms with Gasteiger partial charge in [0.15, 0.2) is 0 Å². The highest BCUT2D eigenvalue weighted by atomic mass is 16.6. The van der Waals surface area contributed by atoms with Crippen molar-refractivity contribution in [3.05, 3.63) is 30.1 Å². The summed E-state index contributed by atoms with van der Waals surface area (Å²) in [5, 5.41) is 0. The van der Waals surface area contributed by atoms with Gasteiger partial charge in [-0.25, -0.2) is 4.79 Å². The fraction of sp³-hybridized carbons (Fsp3) is 0.591. The number of anilines is 1. The minimum atomic E-state index is -0.256. The number of rotatable bonds is 3. The van der Waals surface area contributed by atoms with Crippen LogP contribution >= 0.6 is 0 Å². The Kier molecular flexibility index (Phi) is 5.48. The number of fused-ring (bicyclic) bond motifs is 2. The fourth-order valence-corrected chi connectivity index (χ4v) is 5.46. The number of pyridine rings is 1. The van der Waals surface area contributed by atoms with Crippen molar-refractivity contribution in [1.29, 1.82) is 0 Å². The highest BCUT2D eigenvalue weighted by Gasteiger charge is 2.54. The molecule has 0 bridgehead atoms. The number of nitrogens with two attached hydrogens (primary N) is 1. The average Bonchev–Trinajstić information content (AvgIpc) is 2.99. The summed E-state index contributed by atoms with van der Waals surface area (Å²) in [6, 6.07) is 3.73. The molecule has 3 aliphatic rings. The zero-order valence-electron chi connectivity index (χ0n) is 17.0. The summed E-state index contributed by atoms with van der Waals surface area (Å²) in [6.07, 6.45) is 7.20. The van der Waals surface area contributed by atoms with Crippen LogP contribution in [0.5, 0.6) is 0 Å². The molecule has 0 unspecified atom stereocenters. The predicted molar refractivity (Wildman–Crippen MR) is 109 cm³/mol. The van der Waals surface area contributed by atoms with Crippen molar-refractivity contribution >= 4 is 23.8 Å². The van der Waals surface area contributed by atoms with Crippen LogP contribution in [0.1, 0.15) is 32.4 Å². The maximum atomic E-state index is 12.5. The van der Waals surface area contributed by atoms with E-state index in [-0.39, 0.29) is 41.8 Å². The second kappa shape index (κ2) is 8.05. The van der Waals surface area contributed by atoms with Gasteiger partial charge in [-0.05, 0) is 62.7 Å². The molecule has 1 amide bonds. The second-order valence-corrected chi connectivity index (χ2v) is 8.37. The van der Waals surface area contributed by atoms with Gasteiger partial charge >= 0.3 is 12.1 Å². The van der Waals surface area contributed by atoms with Gasteiger partial charge in [-0.2, -0.15) is 0 Å². The maximum Gasteiger partial charge on any atom is 0.409 e. The highest BCUT2D eigenvalue weighted by molar-refractivity contribution is 5.76. The summed E-state index contributed by atoms with van der Waals surface area (Å²) in [7, 11) is 0. The van der Waals surface area contributed by atoms with E-state index in [1.165, 1.54) is 0 Å². The summed E-state index contributed by atoms with van der Waals surface area (Å²) >= 11 is 0. The van der Waals surface area contributed by atoms with E-state index in [1.807, 2.05) is 32.1 Å². The first-order valence-electron chi connectivity index (χ1n) is 10.5. The Balaban J connectivity index is 1.58. The summed E-state index contributed by atoms with van der Waals surface area (Å²) in [6.45, 7) is 5.51. The molecule has 2 aliphatic heterocycles. The van der Waals surface area contributed by atoms with E-state index in [2.05, 4.69) is 11.1 Å². The fourth-order valence-electron chi connectivity index (χ4n) is 5.46. The molecule has 156 valence electrons. The van der Waals surface area contributed by atoms with Crippen molar-refractivity contribution in [2.75, 3.05) is 25.4 Å². The number of likely N-dealkylation sites (tertiary alicyclic amines) is 1. The third-order valence-electron chi connectivity index (χ3n) is 6.72. The van der Waals surface area contributed by atoms with E-state index in [0.717, 1.165) is 18.5 Å². The third kappa shape index (κ3) is 3.82. The van der Waals surface area contributed by atoms with E-state index in [4.69, 9.17) is 15.2 Å². The number of carbonyl (C=O) groups excluding carboxylic acids is 2. The smallest absolute Gasteiger partial charge is 0.409 e. The lowest BCUT2D eigenvalue weighted by Crippen LogP contribution is -2.51. The molecule has 4 rings (SSSR count). The molecule has 0 radical (unpaired) electrons. The number of allylic oxidation sites excluding steroid dienone is 1. The monoisotopic (exact) mass is 399 g/mol. The van der Waals surface area contributed by atoms with Crippen LogP contribution in [0.25, 0.3) is 6.08 Å². The maximum absolute atomic E-state index is 12.5. The molecule has 1 aromatic rings. The Morgan fingerprint density at radius 3 is 3.00 bits per heavy atom. The molecule has 2 saturated heterocycles. The van der Waals surface area contributed by atoms with Gasteiger partial charge in [-0.3, -0.25) is 9.78 Å². The molecule has 2 N–H and O–H groups in total. The summed E-state index contributed by atoms with van der Waals surface area (Å²) in [5.41, 5.74) is 7.21. The van der Waals surface area contributed by atoms with Gasteiger partial charge in [0.05, 0.1) is 30.1 Å². The van der Waals surface area contributed by atoms with Gasteiger partial charge in [0.1, 0.15) is 6.10 Å². The molecule has 7 heteroatoms. The van der Waals surface area contributed by atoms with Crippen LogP contribution in [0.4, 0.5) is 10.5 Å². The highest BCUT2D eigenvalue weighted by Crippen LogP contribution is 2.51. The van der Waals surface area contributed by atoms with Crippen molar-refractivity contribution < 1.29 is 19.1 Å².